The van der Waals surface area contributed by atoms with Crippen molar-refractivity contribution >= 4 is 16.0 Å². The Morgan fingerprint density at radius 2 is 1.68 bits per heavy atom. The number of rotatable bonds is 6. The summed E-state index contributed by atoms with van der Waals surface area (Å²) in [5.74, 6) is -0.489. The van der Waals surface area contributed by atoms with Crippen LogP contribution in [0.5, 0.6) is 0 Å². The SMILES string of the molecule is CCc1ccc(CN(C)S(=O)(=O)c2ccc(C(=O)OC)cc2C)cc1. The van der Waals surface area contributed by atoms with Crippen LogP contribution in [0.3, 0.4) is 0 Å². The van der Waals surface area contributed by atoms with Crippen LogP contribution in [0.4, 0.5) is 0 Å². The average molecular weight is 361 g/mol. The molecule has 0 bridgehead atoms. The van der Waals surface area contributed by atoms with Crippen molar-refractivity contribution in [2.45, 2.75) is 31.7 Å². The van der Waals surface area contributed by atoms with Crippen molar-refractivity contribution in [3.05, 3.63) is 64.7 Å². The lowest BCUT2D eigenvalue weighted by atomic mass is 10.1. The number of benzene rings is 2. The Bertz CT molecular complexity index is 857. The zero-order valence-corrected chi connectivity index (χ0v) is 15.8. The van der Waals surface area contributed by atoms with Gasteiger partial charge in [-0.25, -0.2) is 13.2 Å². The monoisotopic (exact) mass is 361 g/mol. The minimum absolute atomic E-state index is 0.188. The Hall–Kier alpha value is -2.18. The minimum Gasteiger partial charge on any atom is -0.465 e. The van der Waals surface area contributed by atoms with Crippen LogP contribution in [0.15, 0.2) is 47.4 Å². The largest absolute Gasteiger partial charge is 0.465 e. The summed E-state index contributed by atoms with van der Waals surface area (Å²) in [7, 11) is -0.808. The van der Waals surface area contributed by atoms with Gasteiger partial charge in [-0.15, -0.1) is 0 Å². The molecule has 0 saturated carbocycles. The molecule has 0 aliphatic rings. The van der Waals surface area contributed by atoms with Gasteiger partial charge in [0.1, 0.15) is 0 Å². The second-order valence-corrected chi connectivity index (χ2v) is 7.92. The molecule has 0 aliphatic heterocycles. The fourth-order valence-electron chi connectivity index (χ4n) is 2.57. The summed E-state index contributed by atoms with van der Waals surface area (Å²) in [6, 6.07) is 12.3. The Morgan fingerprint density at radius 1 is 1.08 bits per heavy atom. The van der Waals surface area contributed by atoms with Crippen LogP contribution >= 0.6 is 0 Å². The highest BCUT2D eigenvalue weighted by Gasteiger charge is 2.23. The molecular weight excluding hydrogens is 338 g/mol. The third-order valence-corrected chi connectivity index (χ3v) is 6.08. The van der Waals surface area contributed by atoms with Crippen molar-refractivity contribution in [3.63, 3.8) is 0 Å². The molecule has 0 radical (unpaired) electrons. The molecule has 0 amide bonds. The molecule has 0 aliphatic carbocycles. The number of nitrogens with zero attached hydrogens (tertiary/aromatic N) is 1. The summed E-state index contributed by atoms with van der Waals surface area (Å²) in [5.41, 5.74) is 2.98. The van der Waals surface area contributed by atoms with E-state index in [1.165, 1.54) is 35.2 Å². The molecule has 0 heterocycles. The average Bonchev–Trinajstić information content (AvgIpc) is 2.61. The lowest BCUT2D eigenvalue weighted by molar-refractivity contribution is 0.0600. The fraction of sp³-hybridized carbons (Fsp3) is 0.316. The van der Waals surface area contributed by atoms with E-state index >= 15 is 0 Å². The van der Waals surface area contributed by atoms with Gasteiger partial charge in [-0.3, -0.25) is 0 Å². The maximum Gasteiger partial charge on any atom is 0.337 e. The third-order valence-electron chi connectivity index (χ3n) is 4.12. The second kappa shape index (κ2) is 7.80. The lowest BCUT2D eigenvalue weighted by Crippen LogP contribution is -2.27. The summed E-state index contributed by atoms with van der Waals surface area (Å²) in [6.07, 6.45) is 0.945. The van der Waals surface area contributed by atoms with Crippen molar-refractivity contribution in [1.29, 1.82) is 0 Å². The normalized spacial score (nSPS) is 11.6. The highest BCUT2D eigenvalue weighted by Crippen LogP contribution is 2.22. The van der Waals surface area contributed by atoms with Gasteiger partial charge in [-0.2, -0.15) is 4.31 Å². The van der Waals surface area contributed by atoms with Gasteiger partial charge >= 0.3 is 5.97 Å². The van der Waals surface area contributed by atoms with Gasteiger partial charge in [0, 0.05) is 13.6 Å². The van der Waals surface area contributed by atoms with Crippen LogP contribution < -0.4 is 0 Å². The van der Waals surface area contributed by atoms with Crippen molar-refractivity contribution in [2.75, 3.05) is 14.2 Å². The van der Waals surface area contributed by atoms with E-state index in [0.717, 1.165) is 12.0 Å². The van der Waals surface area contributed by atoms with Crippen LogP contribution in [0, 0.1) is 6.92 Å². The predicted molar refractivity (Wildman–Crippen MR) is 97.0 cm³/mol. The highest BCUT2D eigenvalue weighted by molar-refractivity contribution is 7.89. The first-order valence-corrected chi connectivity index (χ1v) is 9.46. The number of esters is 1. The molecule has 2 rings (SSSR count). The van der Waals surface area contributed by atoms with Crippen LogP contribution in [0.1, 0.15) is 34.0 Å². The molecule has 0 unspecified atom stereocenters. The van der Waals surface area contributed by atoms with E-state index in [1.807, 2.05) is 24.3 Å². The molecule has 0 N–H and O–H groups in total. The Labute approximate surface area is 149 Å². The molecule has 0 fully saturated rings. The van der Waals surface area contributed by atoms with Crippen molar-refractivity contribution < 1.29 is 17.9 Å². The molecule has 0 aromatic heterocycles. The number of hydrogen-bond donors (Lipinski definition) is 0. The molecule has 5 nitrogen and oxygen atoms in total. The van der Waals surface area contributed by atoms with Crippen LogP contribution in [-0.4, -0.2) is 32.8 Å². The third kappa shape index (κ3) is 4.27. The molecule has 0 atom stereocenters. The van der Waals surface area contributed by atoms with Gasteiger partial charge < -0.3 is 4.74 Å². The number of carbonyl (C=O) groups is 1. The maximum absolute atomic E-state index is 12.8. The standard InChI is InChI=1S/C19H23NO4S/c1-5-15-6-8-16(9-7-15)13-20(3)25(22,23)18-11-10-17(12-14(18)2)19(21)24-4/h6-12H,5,13H2,1-4H3. The molecule has 25 heavy (non-hydrogen) atoms. The number of ether oxygens (including phenoxy) is 1. The summed E-state index contributed by atoms with van der Waals surface area (Å²) >= 11 is 0. The lowest BCUT2D eigenvalue weighted by Gasteiger charge is -2.19. The smallest absolute Gasteiger partial charge is 0.337 e. The Balaban J connectivity index is 2.25. The van der Waals surface area contributed by atoms with Crippen LogP contribution in [0.2, 0.25) is 0 Å². The summed E-state index contributed by atoms with van der Waals surface area (Å²) in [5, 5.41) is 0. The second-order valence-electron chi connectivity index (χ2n) is 5.90. The van der Waals surface area contributed by atoms with E-state index in [1.54, 1.807) is 14.0 Å². The van der Waals surface area contributed by atoms with Gasteiger partial charge in [-0.05, 0) is 48.2 Å². The van der Waals surface area contributed by atoms with E-state index in [9.17, 15) is 13.2 Å². The molecule has 6 heteroatoms. The summed E-state index contributed by atoms with van der Waals surface area (Å²) < 4.78 is 31.7. The van der Waals surface area contributed by atoms with Gasteiger partial charge in [-0.1, -0.05) is 31.2 Å². The van der Waals surface area contributed by atoms with E-state index in [4.69, 9.17) is 0 Å². The number of hydrogen-bond acceptors (Lipinski definition) is 4. The zero-order chi connectivity index (χ0) is 18.6. The number of sulfonamides is 1. The van der Waals surface area contributed by atoms with Crippen LogP contribution in [0.25, 0.3) is 0 Å². The van der Waals surface area contributed by atoms with Crippen LogP contribution in [-0.2, 0) is 27.7 Å². The van der Waals surface area contributed by atoms with Gasteiger partial charge in [0.05, 0.1) is 17.6 Å². The zero-order valence-electron chi connectivity index (χ0n) is 14.9. The summed E-state index contributed by atoms with van der Waals surface area (Å²) in [6.45, 7) is 4.03. The molecule has 2 aromatic rings. The Morgan fingerprint density at radius 3 is 2.20 bits per heavy atom. The molecular formula is C19H23NO4S. The Kier molecular flexibility index (Phi) is 5.98. The number of methoxy groups -OCH3 is 1. The van der Waals surface area contributed by atoms with Crippen molar-refractivity contribution in [3.8, 4) is 0 Å². The van der Waals surface area contributed by atoms with Crippen molar-refractivity contribution in [2.24, 2.45) is 0 Å². The molecule has 0 spiro atoms. The minimum atomic E-state index is -3.65. The predicted octanol–water partition coefficient (Wildman–Crippen LogP) is 3.16. The topological polar surface area (TPSA) is 63.7 Å². The maximum atomic E-state index is 12.8. The summed E-state index contributed by atoms with van der Waals surface area (Å²) in [4.78, 5) is 11.8. The first-order valence-electron chi connectivity index (χ1n) is 8.02. The molecule has 2 aromatic carbocycles. The van der Waals surface area contributed by atoms with E-state index in [2.05, 4.69) is 11.7 Å². The first kappa shape index (κ1) is 19.1. The van der Waals surface area contributed by atoms with E-state index in [-0.39, 0.29) is 11.4 Å². The fourth-order valence-corrected chi connectivity index (χ4v) is 3.93. The van der Waals surface area contributed by atoms with Gasteiger partial charge in [0.15, 0.2) is 0 Å². The first-order chi connectivity index (χ1) is 11.8. The quantitative estimate of drug-likeness (QED) is 0.742. The van der Waals surface area contributed by atoms with Gasteiger partial charge in [0.2, 0.25) is 10.0 Å². The number of aryl methyl sites for hydroxylation is 2. The number of carbonyl (C=O) groups excluding carboxylic acids is 1. The van der Waals surface area contributed by atoms with E-state index < -0.39 is 16.0 Å². The molecule has 134 valence electrons. The molecule has 0 saturated heterocycles. The van der Waals surface area contributed by atoms with E-state index in [0.29, 0.717) is 11.1 Å². The highest BCUT2D eigenvalue weighted by atomic mass is 32.2. The van der Waals surface area contributed by atoms with Crippen molar-refractivity contribution in [1.82, 2.24) is 4.31 Å². The van der Waals surface area contributed by atoms with Gasteiger partial charge in [0.25, 0.3) is 0 Å².